The fraction of sp³-hybridized carbons (Fsp3) is 0.594. The van der Waals surface area contributed by atoms with E-state index in [-0.39, 0.29) is 5.78 Å². The molecule has 0 bridgehead atoms. The molecule has 2 aromatic carbocycles. The fourth-order valence-corrected chi connectivity index (χ4v) is 6.14. The van der Waals surface area contributed by atoms with E-state index in [0.29, 0.717) is 42.4 Å². The Bertz CT molecular complexity index is 1070. The molecule has 2 aliphatic heterocycles. The van der Waals surface area contributed by atoms with Crippen molar-refractivity contribution in [2.24, 2.45) is 11.8 Å². The van der Waals surface area contributed by atoms with Gasteiger partial charge in [0.05, 0.1) is 19.8 Å². The SMILES string of the molecule is CCCOc1cc(OCCCC2CCCNC2)cc2c1-c1c(OCCCC3CCCNC3)cccc1C2=O. The van der Waals surface area contributed by atoms with Gasteiger partial charge >= 0.3 is 0 Å². The third kappa shape index (κ3) is 6.52. The van der Waals surface area contributed by atoms with Crippen LogP contribution in [0.3, 0.4) is 0 Å². The predicted molar refractivity (Wildman–Crippen MR) is 152 cm³/mol. The molecule has 0 amide bonds. The number of ether oxygens (including phenoxy) is 3. The van der Waals surface area contributed by atoms with E-state index in [4.69, 9.17) is 14.2 Å². The van der Waals surface area contributed by atoms with Crippen molar-refractivity contribution in [2.75, 3.05) is 46.0 Å². The Labute approximate surface area is 227 Å². The lowest BCUT2D eigenvalue weighted by molar-refractivity contribution is 0.104. The third-order valence-electron chi connectivity index (χ3n) is 8.14. The van der Waals surface area contributed by atoms with Crippen molar-refractivity contribution in [3.63, 3.8) is 0 Å². The predicted octanol–water partition coefficient (Wildman–Crippen LogP) is 6.00. The molecule has 0 spiro atoms. The lowest BCUT2D eigenvalue weighted by atomic mass is 9.95. The van der Waals surface area contributed by atoms with Crippen molar-refractivity contribution in [2.45, 2.75) is 64.7 Å². The molecule has 2 unspecified atom stereocenters. The molecule has 38 heavy (non-hydrogen) atoms. The van der Waals surface area contributed by atoms with Crippen LogP contribution in [0.1, 0.15) is 80.6 Å². The normalized spacial score (nSPS) is 20.6. The quantitative estimate of drug-likeness (QED) is 0.269. The molecule has 2 N–H and O–H groups in total. The lowest BCUT2D eigenvalue weighted by Crippen LogP contribution is -2.29. The molecule has 0 radical (unpaired) electrons. The number of carbonyl (C=O) groups is 1. The summed E-state index contributed by atoms with van der Waals surface area (Å²) in [5.74, 6) is 3.70. The largest absolute Gasteiger partial charge is 0.493 e. The fourth-order valence-electron chi connectivity index (χ4n) is 6.14. The molecule has 1 aliphatic carbocycles. The Kier molecular flexibility index (Phi) is 9.58. The van der Waals surface area contributed by atoms with Gasteiger partial charge in [0.2, 0.25) is 0 Å². The maximum atomic E-state index is 13.5. The number of hydrogen-bond donors (Lipinski definition) is 2. The molecule has 6 nitrogen and oxygen atoms in total. The molecular formula is C32H44N2O4. The van der Waals surface area contributed by atoms with Crippen LogP contribution in [-0.2, 0) is 0 Å². The summed E-state index contributed by atoms with van der Waals surface area (Å²) in [6, 6.07) is 9.68. The summed E-state index contributed by atoms with van der Waals surface area (Å²) >= 11 is 0. The van der Waals surface area contributed by atoms with Crippen molar-refractivity contribution in [3.8, 4) is 28.4 Å². The van der Waals surface area contributed by atoms with E-state index in [1.165, 1.54) is 38.5 Å². The number of carbonyl (C=O) groups excluding carboxylic acids is 1. The minimum atomic E-state index is 0.0220. The smallest absolute Gasteiger partial charge is 0.194 e. The van der Waals surface area contributed by atoms with E-state index < -0.39 is 0 Å². The van der Waals surface area contributed by atoms with Crippen LogP contribution in [0.25, 0.3) is 11.1 Å². The zero-order valence-corrected chi connectivity index (χ0v) is 23.0. The molecule has 2 heterocycles. The molecule has 2 aromatic rings. The summed E-state index contributed by atoms with van der Waals surface area (Å²) in [6.07, 6.45) is 10.4. The van der Waals surface area contributed by atoms with E-state index in [2.05, 4.69) is 17.6 Å². The monoisotopic (exact) mass is 520 g/mol. The summed E-state index contributed by atoms with van der Waals surface area (Å²) in [7, 11) is 0. The first-order chi connectivity index (χ1) is 18.7. The summed E-state index contributed by atoms with van der Waals surface area (Å²) in [5, 5.41) is 6.99. The molecule has 0 saturated carbocycles. The Hall–Kier alpha value is -2.57. The molecule has 6 heteroatoms. The van der Waals surface area contributed by atoms with Crippen LogP contribution in [0.2, 0.25) is 0 Å². The van der Waals surface area contributed by atoms with Gasteiger partial charge in [-0.15, -0.1) is 0 Å². The van der Waals surface area contributed by atoms with Gasteiger partial charge < -0.3 is 24.8 Å². The van der Waals surface area contributed by atoms with Gasteiger partial charge in [-0.05, 0) is 108 Å². The average molecular weight is 521 g/mol. The number of rotatable bonds is 13. The van der Waals surface area contributed by atoms with Crippen LogP contribution in [-0.4, -0.2) is 51.8 Å². The second kappa shape index (κ2) is 13.5. The van der Waals surface area contributed by atoms with Crippen molar-refractivity contribution in [3.05, 3.63) is 41.5 Å². The van der Waals surface area contributed by atoms with Gasteiger partial charge in [0, 0.05) is 28.3 Å². The summed E-state index contributed by atoms with van der Waals surface area (Å²) in [6.45, 7) is 8.50. The average Bonchev–Trinajstić information content (AvgIpc) is 3.25. The highest BCUT2D eigenvalue weighted by Gasteiger charge is 2.33. The van der Waals surface area contributed by atoms with Crippen LogP contribution in [0.15, 0.2) is 30.3 Å². The summed E-state index contributed by atoms with van der Waals surface area (Å²) in [4.78, 5) is 13.5. The minimum absolute atomic E-state index is 0.0220. The molecule has 5 rings (SSSR count). The highest BCUT2D eigenvalue weighted by Crippen LogP contribution is 2.49. The first kappa shape index (κ1) is 27.0. The maximum Gasteiger partial charge on any atom is 0.194 e. The van der Waals surface area contributed by atoms with E-state index >= 15 is 0 Å². The minimum Gasteiger partial charge on any atom is -0.493 e. The second-order valence-corrected chi connectivity index (χ2v) is 11.1. The highest BCUT2D eigenvalue weighted by molar-refractivity contribution is 6.23. The van der Waals surface area contributed by atoms with Crippen molar-refractivity contribution < 1.29 is 19.0 Å². The van der Waals surface area contributed by atoms with Crippen LogP contribution < -0.4 is 24.8 Å². The van der Waals surface area contributed by atoms with Gasteiger partial charge in [-0.25, -0.2) is 0 Å². The topological polar surface area (TPSA) is 68.8 Å². The molecule has 206 valence electrons. The van der Waals surface area contributed by atoms with Gasteiger partial charge in [0.25, 0.3) is 0 Å². The van der Waals surface area contributed by atoms with Crippen LogP contribution in [0, 0.1) is 11.8 Å². The Balaban J connectivity index is 1.28. The van der Waals surface area contributed by atoms with Gasteiger partial charge in [0.15, 0.2) is 5.78 Å². The number of benzene rings is 2. The zero-order chi connectivity index (χ0) is 26.2. The second-order valence-electron chi connectivity index (χ2n) is 11.1. The summed E-state index contributed by atoms with van der Waals surface area (Å²) in [5.41, 5.74) is 3.07. The number of fused-ring (bicyclic) bond motifs is 3. The Morgan fingerprint density at radius 2 is 1.45 bits per heavy atom. The van der Waals surface area contributed by atoms with Crippen LogP contribution in [0.4, 0.5) is 0 Å². The van der Waals surface area contributed by atoms with E-state index in [0.717, 1.165) is 74.2 Å². The summed E-state index contributed by atoms with van der Waals surface area (Å²) < 4.78 is 18.7. The van der Waals surface area contributed by atoms with E-state index in [9.17, 15) is 4.79 Å². The van der Waals surface area contributed by atoms with Gasteiger partial charge in [-0.1, -0.05) is 19.1 Å². The Morgan fingerprint density at radius 1 is 0.789 bits per heavy atom. The van der Waals surface area contributed by atoms with Crippen molar-refractivity contribution in [1.29, 1.82) is 0 Å². The standard InChI is InChI=1S/C32H44N2O4/c1-2-16-37-29-20-25(36-17-6-10-23-8-4-14-33-21-23)19-27-31(29)30-26(32(27)35)12-3-13-28(30)38-18-7-11-24-9-5-15-34-22-24/h3,12-13,19-20,23-24,33-34H,2,4-11,14-18,21-22H2,1H3. The highest BCUT2D eigenvalue weighted by atomic mass is 16.5. The first-order valence-corrected chi connectivity index (χ1v) is 14.9. The number of hydrogen-bond acceptors (Lipinski definition) is 6. The zero-order valence-electron chi connectivity index (χ0n) is 23.0. The van der Waals surface area contributed by atoms with Crippen LogP contribution in [0.5, 0.6) is 17.2 Å². The molecule has 2 fully saturated rings. The molecule has 2 atom stereocenters. The molecule has 2 saturated heterocycles. The lowest BCUT2D eigenvalue weighted by Gasteiger charge is -2.22. The first-order valence-electron chi connectivity index (χ1n) is 14.9. The maximum absolute atomic E-state index is 13.5. The molecule has 3 aliphatic rings. The number of ketones is 1. The number of nitrogens with one attached hydrogen (secondary N) is 2. The van der Waals surface area contributed by atoms with Gasteiger partial charge in [-0.2, -0.15) is 0 Å². The van der Waals surface area contributed by atoms with Gasteiger partial charge in [0.1, 0.15) is 17.2 Å². The van der Waals surface area contributed by atoms with Crippen molar-refractivity contribution in [1.82, 2.24) is 10.6 Å². The van der Waals surface area contributed by atoms with Crippen molar-refractivity contribution >= 4 is 5.78 Å². The Morgan fingerprint density at radius 3 is 2.11 bits per heavy atom. The molecular weight excluding hydrogens is 476 g/mol. The molecule has 0 aromatic heterocycles. The van der Waals surface area contributed by atoms with E-state index in [1.807, 2.05) is 30.3 Å². The number of piperidine rings is 2. The third-order valence-corrected chi connectivity index (χ3v) is 8.14. The van der Waals surface area contributed by atoms with Crippen LogP contribution >= 0.6 is 0 Å². The van der Waals surface area contributed by atoms with E-state index in [1.54, 1.807) is 0 Å². The van der Waals surface area contributed by atoms with Gasteiger partial charge in [-0.3, -0.25) is 4.79 Å².